The lowest BCUT2D eigenvalue weighted by atomic mass is 10.2. The maximum Gasteiger partial charge on any atom is 0.253 e. The molecule has 0 saturated heterocycles. The van der Waals surface area contributed by atoms with Gasteiger partial charge in [-0.3, -0.25) is 4.79 Å². The lowest BCUT2D eigenvalue weighted by Gasteiger charge is -2.07. The normalized spacial score (nSPS) is 10.5. The summed E-state index contributed by atoms with van der Waals surface area (Å²) < 4.78 is 0. The highest BCUT2D eigenvalue weighted by Gasteiger charge is 2.11. The smallest absolute Gasteiger partial charge is 0.253 e. The first kappa shape index (κ1) is 15.0. The SMILES string of the molecule is O=C(Cl)c1cc(Cl)ccc1Sc1ccc(Cl)c(Cl)c1. The third kappa shape index (κ3) is 3.80. The molecule has 0 heterocycles. The number of halogens is 4. The van der Waals surface area contributed by atoms with Gasteiger partial charge in [-0.25, -0.2) is 0 Å². The van der Waals surface area contributed by atoms with Crippen LogP contribution in [0.25, 0.3) is 0 Å². The zero-order chi connectivity index (χ0) is 14.0. The van der Waals surface area contributed by atoms with Crippen LogP contribution in [-0.4, -0.2) is 5.24 Å². The van der Waals surface area contributed by atoms with Crippen LogP contribution in [0.4, 0.5) is 0 Å². The number of benzene rings is 2. The van der Waals surface area contributed by atoms with E-state index in [9.17, 15) is 4.79 Å². The van der Waals surface area contributed by atoms with Crippen molar-refractivity contribution >= 4 is 63.4 Å². The molecule has 19 heavy (non-hydrogen) atoms. The quantitative estimate of drug-likeness (QED) is 0.614. The lowest BCUT2D eigenvalue weighted by Crippen LogP contribution is -1.92. The molecule has 98 valence electrons. The molecule has 1 nitrogen and oxygen atoms in total. The molecule has 2 aromatic carbocycles. The van der Waals surface area contributed by atoms with E-state index in [0.29, 0.717) is 25.5 Å². The van der Waals surface area contributed by atoms with Gasteiger partial charge in [-0.15, -0.1) is 0 Å². The largest absolute Gasteiger partial charge is 0.276 e. The van der Waals surface area contributed by atoms with E-state index < -0.39 is 5.24 Å². The fourth-order valence-electron chi connectivity index (χ4n) is 1.41. The Balaban J connectivity index is 2.37. The van der Waals surface area contributed by atoms with Crippen LogP contribution in [-0.2, 0) is 0 Å². The van der Waals surface area contributed by atoms with Crippen LogP contribution in [0.15, 0.2) is 46.2 Å². The fourth-order valence-corrected chi connectivity index (χ4v) is 3.12. The second-order valence-corrected chi connectivity index (χ2v) is 6.30. The van der Waals surface area contributed by atoms with Crippen LogP contribution in [0.5, 0.6) is 0 Å². The molecule has 0 atom stereocenters. The van der Waals surface area contributed by atoms with Crippen LogP contribution in [0.3, 0.4) is 0 Å². The van der Waals surface area contributed by atoms with Gasteiger partial charge in [0, 0.05) is 20.4 Å². The van der Waals surface area contributed by atoms with Gasteiger partial charge in [0.2, 0.25) is 0 Å². The van der Waals surface area contributed by atoms with Crippen molar-refractivity contribution in [2.24, 2.45) is 0 Å². The zero-order valence-corrected chi connectivity index (χ0v) is 13.1. The van der Waals surface area contributed by atoms with Crippen molar-refractivity contribution in [3.05, 3.63) is 57.0 Å². The number of rotatable bonds is 3. The molecule has 6 heteroatoms. The van der Waals surface area contributed by atoms with Gasteiger partial charge in [-0.05, 0) is 48.0 Å². The fraction of sp³-hybridized carbons (Fsp3) is 0. The summed E-state index contributed by atoms with van der Waals surface area (Å²) in [6.07, 6.45) is 0. The highest BCUT2D eigenvalue weighted by Crippen LogP contribution is 2.35. The van der Waals surface area contributed by atoms with Crippen LogP contribution in [0.1, 0.15) is 10.4 Å². The summed E-state index contributed by atoms with van der Waals surface area (Å²) in [5.74, 6) is 0. The Morgan fingerprint density at radius 2 is 1.68 bits per heavy atom. The molecule has 0 bridgehead atoms. The minimum atomic E-state index is -0.551. The summed E-state index contributed by atoms with van der Waals surface area (Å²) in [5.41, 5.74) is 0.366. The lowest BCUT2D eigenvalue weighted by molar-refractivity contribution is 0.107. The van der Waals surface area contributed by atoms with Crippen LogP contribution < -0.4 is 0 Å². The van der Waals surface area contributed by atoms with Crippen LogP contribution >= 0.6 is 58.2 Å². The minimum absolute atomic E-state index is 0.366. The molecule has 0 saturated carbocycles. The standard InChI is InChI=1S/C13H6Cl4OS/c14-7-1-4-12(9(5-7)13(17)18)19-8-2-3-10(15)11(16)6-8/h1-6H. The maximum absolute atomic E-state index is 11.4. The Morgan fingerprint density at radius 3 is 2.32 bits per heavy atom. The Kier molecular flexibility index (Phi) is 5.04. The summed E-state index contributed by atoms with van der Waals surface area (Å²) in [7, 11) is 0. The molecular weight excluding hydrogens is 346 g/mol. The van der Waals surface area contributed by atoms with Gasteiger partial charge in [0.1, 0.15) is 0 Å². The molecule has 0 aromatic heterocycles. The van der Waals surface area contributed by atoms with Crippen molar-refractivity contribution < 1.29 is 4.79 Å². The molecule has 0 N–H and O–H groups in total. The van der Waals surface area contributed by atoms with Crippen molar-refractivity contribution in [3.63, 3.8) is 0 Å². The van der Waals surface area contributed by atoms with Crippen molar-refractivity contribution in [1.82, 2.24) is 0 Å². The minimum Gasteiger partial charge on any atom is -0.276 e. The second-order valence-electron chi connectivity index (χ2n) is 3.59. The van der Waals surface area contributed by atoms with Crippen LogP contribution in [0, 0.1) is 0 Å². The topological polar surface area (TPSA) is 17.1 Å². The molecule has 2 aromatic rings. The van der Waals surface area contributed by atoms with E-state index in [1.807, 2.05) is 6.07 Å². The predicted octanol–water partition coefficient (Wildman–Crippen LogP) is 6.18. The van der Waals surface area contributed by atoms with Crippen molar-refractivity contribution in [2.45, 2.75) is 9.79 Å². The van der Waals surface area contributed by atoms with Gasteiger partial charge in [0.25, 0.3) is 5.24 Å². The molecule has 0 spiro atoms. The van der Waals surface area contributed by atoms with Gasteiger partial charge in [0.15, 0.2) is 0 Å². The third-order valence-corrected chi connectivity index (χ3v) is 4.52. The molecule has 2 rings (SSSR count). The van der Waals surface area contributed by atoms with E-state index in [2.05, 4.69) is 0 Å². The van der Waals surface area contributed by atoms with Crippen molar-refractivity contribution in [1.29, 1.82) is 0 Å². The first-order valence-corrected chi connectivity index (χ1v) is 7.42. The van der Waals surface area contributed by atoms with E-state index in [4.69, 9.17) is 46.4 Å². The monoisotopic (exact) mass is 350 g/mol. The molecule has 0 radical (unpaired) electrons. The third-order valence-electron chi connectivity index (χ3n) is 2.27. The zero-order valence-electron chi connectivity index (χ0n) is 9.29. The molecular formula is C13H6Cl4OS. The number of hydrogen-bond donors (Lipinski definition) is 0. The first-order chi connectivity index (χ1) is 8.97. The Hall–Kier alpha value is -0.380. The van der Waals surface area contributed by atoms with E-state index in [0.717, 1.165) is 4.90 Å². The van der Waals surface area contributed by atoms with Gasteiger partial charge >= 0.3 is 0 Å². The molecule has 0 aliphatic rings. The highest BCUT2D eigenvalue weighted by atomic mass is 35.5. The van der Waals surface area contributed by atoms with Gasteiger partial charge in [0.05, 0.1) is 10.0 Å². The van der Waals surface area contributed by atoms with E-state index >= 15 is 0 Å². The molecule has 0 fully saturated rings. The first-order valence-electron chi connectivity index (χ1n) is 5.09. The Labute approximate surface area is 134 Å². The highest BCUT2D eigenvalue weighted by molar-refractivity contribution is 7.99. The van der Waals surface area contributed by atoms with Gasteiger partial charge in [-0.1, -0.05) is 46.6 Å². The van der Waals surface area contributed by atoms with Gasteiger partial charge in [-0.2, -0.15) is 0 Å². The average Bonchev–Trinajstić information content (AvgIpc) is 2.36. The summed E-state index contributed by atoms with van der Waals surface area (Å²) in [6, 6.07) is 10.2. The molecule has 0 aliphatic carbocycles. The maximum atomic E-state index is 11.4. The van der Waals surface area contributed by atoms with Crippen molar-refractivity contribution in [2.75, 3.05) is 0 Å². The number of hydrogen-bond acceptors (Lipinski definition) is 2. The number of carbonyl (C=O) groups excluding carboxylic acids is 1. The van der Waals surface area contributed by atoms with Crippen molar-refractivity contribution in [3.8, 4) is 0 Å². The number of carbonyl (C=O) groups is 1. The summed E-state index contributed by atoms with van der Waals surface area (Å²) >= 11 is 24.6. The molecule has 0 aliphatic heterocycles. The predicted molar refractivity (Wildman–Crippen MR) is 82.2 cm³/mol. The Morgan fingerprint density at radius 1 is 0.947 bits per heavy atom. The van der Waals surface area contributed by atoms with Gasteiger partial charge < -0.3 is 0 Å². The van der Waals surface area contributed by atoms with E-state index in [-0.39, 0.29) is 0 Å². The summed E-state index contributed by atoms with van der Waals surface area (Å²) in [4.78, 5) is 12.9. The molecule has 0 unspecified atom stereocenters. The molecule has 0 amide bonds. The van der Waals surface area contributed by atoms with Crippen LogP contribution in [0.2, 0.25) is 15.1 Å². The summed E-state index contributed by atoms with van der Waals surface area (Å²) in [5, 5.41) is 0.850. The summed E-state index contributed by atoms with van der Waals surface area (Å²) in [6.45, 7) is 0. The Bertz CT molecular complexity index is 643. The average molecular weight is 352 g/mol. The van der Waals surface area contributed by atoms with E-state index in [1.165, 1.54) is 17.8 Å². The van der Waals surface area contributed by atoms with E-state index in [1.54, 1.807) is 24.3 Å². The second kappa shape index (κ2) is 6.38.